The Morgan fingerprint density at radius 2 is 1.70 bits per heavy atom. The highest BCUT2D eigenvalue weighted by Crippen LogP contribution is 2.33. The van der Waals surface area contributed by atoms with Gasteiger partial charge in [0, 0.05) is 58.9 Å². The lowest BCUT2D eigenvalue weighted by Crippen LogP contribution is -2.55. The van der Waals surface area contributed by atoms with Crippen molar-refractivity contribution in [2.75, 3.05) is 72.4 Å². The molecule has 11 heteroatoms. The highest BCUT2D eigenvalue weighted by Gasteiger charge is 2.38. The van der Waals surface area contributed by atoms with Gasteiger partial charge in [0.2, 0.25) is 12.7 Å². The summed E-state index contributed by atoms with van der Waals surface area (Å²) in [5.41, 5.74) is 1.16. The van der Waals surface area contributed by atoms with Crippen LogP contribution >= 0.6 is 0 Å². The molecule has 0 aromatic heterocycles. The average Bonchev–Trinajstić information content (AvgIpc) is 3.33. The lowest BCUT2D eigenvalue weighted by atomic mass is 9.97. The number of carbonyl (C=O) groups is 1. The lowest BCUT2D eigenvalue weighted by Gasteiger charge is -2.40. The second-order valence-electron chi connectivity index (χ2n) is 9.01. The van der Waals surface area contributed by atoms with Gasteiger partial charge in [-0.2, -0.15) is 17.0 Å². The Bertz CT molecular complexity index is 960. The molecule has 4 aliphatic rings. The van der Waals surface area contributed by atoms with E-state index in [1.807, 2.05) is 17.0 Å². The zero-order valence-electron chi connectivity index (χ0n) is 18.9. The fourth-order valence-corrected chi connectivity index (χ4v) is 6.64. The summed E-state index contributed by atoms with van der Waals surface area (Å²) in [4.78, 5) is 17.5. The van der Waals surface area contributed by atoms with E-state index in [0.717, 1.165) is 43.1 Å². The Morgan fingerprint density at radius 3 is 2.48 bits per heavy atom. The van der Waals surface area contributed by atoms with Crippen LogP contribution in [0.25, 0.3) is 0 Å². The van der Waals surface area contributed by atoms with Crippen molar-refractivity contribution >= 4 is 16.1 Å². The molecule has 0 aliphatic carbocycles. The minimum atomic E-state index is -3.54. The minimum absolute atomic E-state index is 0.0830. The Labute approximate surface area is 195 Å². The zero-order valence-corrected chi connectivity index (χ0v) is 19.7. The maximum atomic E-state index is 13.2. The first-order valence-corrected chi connectivity index (χ1v) is 13.1. The number of hydrogen-bond donors (Lipinski definition) is 0. The van der Waals surface area contributed by atoms with Gasteiger partial charge in [-0.1, -0.05) is 6.07 Å². The van der Waals surface area contributed by atoms with Crippen LogP contribution in [0.3, 0.4) is 0 Å². The van der Waals surface area contributed by atoms with E-state index in [1.54, 1.807) is 0 Å². The molecule has 1 aromatic carbocycles. The summed E-state index contributed by atoms with van der Waals surface area (Å²) < 4.78 is 45.2. The molecule has 1 unspecified atom stereocenters. The second kappa shape index (κ2) is 9.75. The number of morpholine rings is 1. The number of piperazine rings is 1. The molecule has 0 bridgehead atoms. The van der Waals surface area contributed by atoms with E-state index in [2.05, 4.69) is 11.0 Å². The lowest BCUT2D eigenvalue weighted by molar-refractivity contribution is -0.138. The van der Waals surface area contributed by atoms with E-state index in [9.17, 15) is 13.2 Å². The van der Waals surface area contributed by atoms with Gasteiger partial charge >= 0.3 is 0 Å². The summed E-state index contributed by atoms with van der Waals surface area (Å²) in [6.45, 7) is 6.34. The maximum absolute atomic E-state index is 13.2. The Balaban J connectivity index is 1.13. The molecule has 33 heavy (non-hydrogen) atoms. The third-order valence-electron chi connectivity index (χ3n) is 6.88. The molecule has 182 valence electrons. The SMILES string of the molecule is O=C(C1CCCN(S(=O)(=O)N2CCOCC2)C1)N1CCN(Cc2ccc3c(c2)OCO3)CC1. The molecule has 3 saturated heterocycles. The van der Waals surface area contributed by atoms with Gasteiger partial charge in [0.1, 0.15) is 0 Å². The Morgan fingerprint density at radius 1 is 0.939 bits per heavy atom. The molecule has 1 amide bonds. The molecule has 0 spiro atoms. The number of rotatable bonds is 5. The summed E-state index contributed by atoms with van der Waals surface area (Å²) in [5, 5.41) is 0. The number of piperidine rings is 1. The molecule has 1 aromatic rings. The summed E-state index contributed by atoms with van der Waals surface area (Å²) in [6, 6.07) is 6.01. The van der Waals surface area contributed by atoms with Crippen molar-refractivity contribution in [2.24, 2.45) is 5.92 Å². The second-order valence-corrected chi connectivity index (χ2v) is 10.9. The Hall–Kier alpha value is -1.92. The molecule has 0 saturated carbocycles. The topological polar surface area (TPSA) is 91.9 Å². The highest BCUT2D eigenvalue weighted by atomic mass is 32.2. The molecule has 1 atom stereocenters. The first-order valence-electron chi connectivity index (χ1n) is 11.7. The van der Waals surface area contributed by atoms with Crippen LogP contribution in [0.2, 0.25) is 0 Å². The summed E-state index contributed by atoms with van der Waals surface area (Å²) in [6.07, 6.45) is 1.45. The molecular formula is C22H32N4O6S. The number of hydrogen-bond acceptors (Lipinski definition) is 7. The molecule has 3 fully saturated rings. The van der Waals surface area contributed by atoms with E-state index in [-0.39, 0.29) is 25.2 Å². The van der Waals surface area contributed by atoms with Gasteiger partial charge in [0.15, 0.2) is 11.5 Å². The molecule has 4 heterocycles. The smallest absolute Gasteiger partial charge is 0.282 e. The van der Waals surface area contributed by atoms with Gasteiger partial charge in [-0.05, 0) is 30.5 Å². The van der Waals surface area contributed by atoms with Gasteiger partial charge in [0.05, 0.1) is 19.1 Å². The van der Waals surface area contributed by atoms with Crippen LogP contribution < -0.4 is 9.47 Å². The summed E-state index contributed by atoms with van der Waals surface area (Å²) >= 11 is 0. The van der Waals surface area contributed by atoms with Crippen molar-refractivity contribution in [1.82, 2.24) is 18.4 Å². The van der Waals surface area contributed by atoms with Crippen LogP contribution in [0, 0.1) is 5.92 Å². The van der Waals surface area contributed by atoms with Gasteiger partial charge in [-0.3, -0.25) is 9.69 Å². The van der Waals surface area contributed by atoms with Gasteiger partial charge in [0.25, 0.3) is 10.2 Å². The van der Waals surface area contributed by atoms with Crippen LogP contribution in [0.15, 0.2) is 18.2 Å². The van der Waals surface area contributed by atoms with Crippen molar-refractivity contribution in [3.05, 3.63) is 23.8 Å². The summed E-state index contributed by atoms with van der Waals surface area (Å²) in [5.74, 6) is 1.39. The van der Waals surface area contributed by atoms with Crippen molar-refractivity contribution in [3.63, 3.8) is 0 Å². The van der Waals surface area contributed by atoms with Crippen LogP contribution in [0.1, 0.15) is 18.4 Å². The number of fused-ring (bicyclic) bond motifs is 1. The largest absolute Gasteiger partial charge is 0.454 e. The predicted molar refractivity (Wildman–Crippen MR) is 120 cm³/mol. The van der Waals surface area contributed by atoms with Gasteiger partial charge in [-0.15, -0.1) is 0 Å². The maximum Gasteiger partial charge on any atom is 0.282 e. The first kappa shape index (κ1) is 22.9. The molecule has 5 rings (SSSR count). The van der Waals surface area contributed by atoms with Crippen molar-refractivity contribution in [3.8, 4) is 11.5 Å². The third kappa shape index (κ3) is 4.97. The van der Waals surface area contributed by atoms with Crippen molar-refractivity contribution < 1.29 is 27.4 Å². The molecule has 0 radical (unpaired) electrons. The fourth-order valence-electron chi connectivity index (χ4n) is 4.98. The first-order chi connectivity index (χ1) is 16.0. The third-order valence-corrected chi connectivity index (χ3v) is 8.89. The predicted octanol–water partition coefficient (Wildman–Crippen LogP) is 0.349. The van der Waals surface area contributed by atoms with Crippen LogP contribution in [0.5, 0.6) is 11.5 Å². The van der Waals surface area contributed by atoms with E-state index in [0.29, 0.717) is 52.4 Å². The number of benzene rings is 1. The van der Waals surface area contributed by atoms with Crippen molar-refractivity contribution in [2.45, 2.75) is 19.4 Å². The average molecular weight is 481 g/mol. The fraction of sp³-hybridized carbons (Fsp3) is 0.682. The minimum Gasteiger partial charge on any atom is -0.454 e. The van der Waals surface area contributed by atoms with Crippen LogP contribution in [0.4, 0.5) is 0 Å². The van der Waals surface area contributed by atoms with E-state index in [1.165, 1.54) is 8.61 Å². The highest BCUT2D eigenvalue weighted by molar-refractivity contribution is 7.86. The van der Waals surface area contributed by atoms with E-state index in [4.69, 9.17) is 14.2 Å². The quantitative estimate of drug-likeness (QED) is 0.601. The van der Waals surface area contributed by atoms with E-state index < -0.39 is 10.2 Å². The number of carbonyl (C=O) groups excluding carboxylic acids is 1. The number of amides is 1. The Kier molecular flexibility index (Phi) is 6.75. The van der Waals surface area contributed by atoms with Crippen LogP contribution in [-0.4, -0.2) is 105 Å². The molecule has 10 nitrogen and oxygen atoms in total. The zero-order chi connectivity index (χ0) is 22.8. The molecule has 4 aliphatic heterocycles. The van der Waals surface area contributed by atoms with E-state index >= 15 is 0 Å². The molecular weight excluding hydrogens is 448 g/mol. The normalized spacial score (nSPS) is 25.3. The summed E-state index contributed by atoms with van der Waals surface area (Å²) in [7, 11) is -3.54. The number of ether oxygens (including phenoxy) is 3. The standard InChI is InChI=1S/C22H32N4O6S/c27-22(19-2-1-5-26(16-19)33(28,29)25-10-12-30-13-11-25)24-8-6-23(7-9-24)15-18-3-4-20-21(14-18)32-17-31-20/h3-4,14,19H,1-2,5-13,15-17H2. The molecule has 0 N–H and O–H groups in total. The number of nitrogens with zero attached hydrogens (tertiary/aromatic N) is 4. The van der Waals surface area contributed by atoms with Crippen LogP contribution in [-0.2, 0) is 26.3 Å². The van der Waals surface area contributed by atoms with Gasteiger partial charge < -0.3 is 19.1 Å². The van der Waals surface area contributed by atoms with Crippen molar-refractivity contribution in [1.29, 1.82) is 0 Å². The monoisotopic (exact) mass is 480 g/mol. The van der Waals surface area contributed by atoms with Gasteiger partial charge in [-0.25, -0.2) is 0 Å².